The van der Waals surface area contributed by atoms with Crippen LogP contribution in [0.3, 0.4) is 0 Å². The van der Waals surface area contributed by atoms with Crippen LogP contribution in [-0.4, -0.2) is 16.1 Å². The minimum atomic E-state index is 0.688. The van der Waals surface area contributed by atoms with E-state index >= 15 is 0 Å². The first-order valence-electron chi connectivity index (χ1n) is 5.13. The summed E-state index contributed by atoms with van der Waals surface area (Å²) in [5.74, 6) is 1.62. The van der Waals surface area contributed by atoms with Gasteiger partial charge in [-0.2, -0.15) is 0 Å². The number of hydrogen-bond donors (Lipinski definition) is 1. The van der Waals surface area contributed by atoms with Crippen molar-refractivity contribution in [2.45, 2.75) is 26.8 Å². The van der Waals surface area contributed by atoms with Crippen molar-refractivity contribution in [1.82, 2.24) is 9.55 Å². The third-order valence-electron chi connectivity index (χ3n) is 2.33. The number of hydrogen-bond acceptors (Lipinski definition) is 2. The van der Waals surface area contributed by atoms with Crippen molar-refractivity contribution in [2.75, 3.05) is 11.9 Å². The zero-order valence-electron chi connectivity index (χ0n) is 9.03. The van der Waals surface area contributed by atoms with Crippen LogP contribution in [0.2, 0.25) is 0 Å². The van der Waals surface area contributed by atoms with E-state index in [2.05, 4.69) is 35.3 Å². The van der Waals surface area contributed by atoms with E-state index in [4.69, 9.17) is 0 Å². The highest BCUT2D eigenvalue weighted by Crippen LogP contribution is 2.10. The molecule has 1 unspecified atom stereocenters. The van der Waals surface area contributed by atoms with E-state index < -0.39 is 0 Å². The largest absolute Gasteiger partial charge is 0.352 e. The molecule has 0 bridgehead atoms. The molecule has 3 heteroatoms. The Kier molecular flexibility index (Phi) is 4.23. The van der Waals surface area contributed by atoms with Gasteiger partial charge >= 0.3 is 0 Å². The van der Waals surface area contributed by atoms with Crippen LogP contribution in [0.25, 0.3) is 0 Å². The molecule has 0 aliphatic carbocycles. The van der Waals surface area contributed by atoms with Gasteiger partial charge in [0.2, 0.25) is 5.95 Å². The highest BCUT2D eigenvalue weighted by atomic mass is 15.2. The molecule has 0 fully saturated rings. The van der Waals surface area contributed by atoms with E-state index in [0.29, 0.717) is 5.92 Å². The summed E-state index contributed by atoms with van der Waals surface area (Å²) >= 11 is 0. The number of rotatable bonds is 6. The zero-order chi connectivity index (χ0) is 10.4. The van der Waals surface area contributed by atoms with Gasteiger partial charge in [0.25, 0.3) is 0 Å². The average Bonchev–Trinajstić information content (AvgIpc) is 2.62. The van der Waals surface area contributed by atoms with Crippen LogP contribution in [0.15, 0.2) is 25.0 Å². The van der Waals surface area contributed by atoms with Gasteiger partial charge in [0.1, 0.15) is 0 Å². The van der Waals surface area contributed by atoms with E-state index in [9.17, 15) is 0 Å². The minimum Gasteiger partial charge on any atom is -0.352 e. The first kappa shape index (κ1) is 10.8. The highest BCUT2D eigenvalue weighted by Gasteiger charge is 2.04. The maximum Gasteiger partial charge on any atom is 0.203 e. The van der Waals surface area contributed by atoms with Crippen molar-refractivity contribution in [1.29, 1.82) is 0 Å². The Morgan fingerprint density at radius 2 is 2.50 bits per heavy atom. The number of nitrogens with zero attached hydrogens (tertiary/aromatic N) is 2. The molecule has 1 atom stereocenters. The van der Waals surface area contributed by atoms with Crippen LogP contribution in [0.4, 0.5) is 5.95 Å². The van der Waals surface area contributed by atoms with Crippen LogP contribution >= 0.6 is 0 Å². The lowest BCUT2D eigenvalue weighted by Gasteiger charge is -2.12. The fourth-order valence-corrected chi connectivity index (χ4v) is 1.25. The summed E-state index contributed by atoms with van der Waals surface area (Å²) in [7, 11) is 0. The summed E-state index contributed by atoms with van der Waals surface area (Å²) in [4.78, 5) is 4.25. The van der Waals surface area contributed by atoms with Crippen molar-refractivity contribution in [3.05, 3.63) is 25.0 Å². The van der Waals surface area contributed by atoms with Crippen molar-refractivity contribution in [3.63, 3.8) is 0 Å². The molecule has 1 rings (SSSR count). The lowest BCUT2D eigenvalue weighted by Crippen LogP contribution is -2.11. The van der Waals surface area contributed by atoms with E-state index in [-0.39, 0.29) is 0 Å². The third kappa shape index (κ3) is 2.91. The molecule has 1 aromatic heterocycles. The number of nitrogens with one attached hydrogen (secondary N) is 1. The van der Waals surface area contributed by atoms with Gasteiger partial charge in [-0.25, -0.2) is 4.98 Å². The minimum absolute atomic E-state index is 0.688. The molecule has 0 aliphatic rings. The van der Waals surface area contributed by atoms with E-state index in [1.165, 1.54) is 6.42 Å². The van der Waals surface area contributed by atoms with Crippen LogP contribution in [0, 0.1) is 5.92 Å². The standard InChI is InChI=1S/C11H19N3/c1-4-6-12-11-13-7-8-14(11)9-10(3)5-2/h4,7-8,10H,1,5-6,9H2,2-3H3,(H,12,13). The molecule has 1 heterocycles. The smallest absolute Gasteiger partial charge is 0.203 e. The molecular formula is C11H19N3. The van der Waals surface area contributed by atoms with Crippen LogP contribution in [0.1, 0.15) is 20.3 Å². The second kappa shape index (κ2) is 5.47. The Hall–Kier alpha value is -1.25. The number of aromatic nitrogens is 2. The Labute approximate surface area is 85.8 Å². The normalized spacial score (nSPS) is 12.4. The second-order valence-electron chi connectivity index (χ2n) is 3.59. The molecule has 0 saturated carbocycles. The lowest BCUT2D eigenvalue weighted by molar-refractivity contribution is 0.471. The first-order chi connectivity index (χ1) is 6.77. The summed E-state index contributed by atoms with van der Waals surface area (Å²) < 4.78 is 2.15. The zero-order valence-corrected chi connectivity index (χ0v) is 9.03. The summed E-state index contributed by atoms with van der Waals surface area (Å²) in [5.41, 5.74) is 0. The maximum atomic E-state index is 4.25. The number of imidazole rings is 1. The Bertz CT molecular complexity index is 278. The molecule has 0 aliphatic heterocycles. The lowest BCUT2D eigenvalue weighted by atomic mass is 10.1. The van der Waals surface area contributed by atoms with Gasteiger partial charge in [-0.1, -0.05) is 26.3 Å². The molecule has 0 aromatic carbocycles. The molecule has 1 N–H and O–H groups in total. The summed E-state index contributed by atoms with van der Waals surface area (Å²) in [6.45, 7) is 9.91. The topological polar surface area (TPSA) is 29.9 Å². The molecule has 78 valence electrons. The maximum absolute atomic E-state index is 4.25. The molecule has 1 aromatic rings. The van der Waals surface area contributed by atoms with Crippen molar-refractivity contribution in [2.24, 2.45) is 5.92 Å². The highest BCUT2D eigenvalue weighted by molar-refractivity contribution is 5.26. The Morgan fingerprint density at radius 1 is 1.71 bits per heavy atom. The molecule has 0 amide bonds. The van der Waals surface area contributed by atoms with E-state index in [1.54, 1.807) is 0 Å². The van der Waals surface area contributed by atoms with Gasteiger partial charge in [0.15, 0.2) is 0 Å². The summed E-state index contributed by atoms with van der Waals surface area (Å²) in [6, 6.07) is 0. The molecule has 0 spiro atoms. The second-order valence-corrected chi connectivity index (χ2v) is 3.59. The predicted molar refractivity (Wildman–Crippen MR) is 60.4 cm³/mol. The molecule has 0 saturated heterocycles. The first-order valence-corrected chi connectivity index (χ1v) is 5.13. The average molecular weight is 193 g/mol. The fraction of sp³-hybridized carbons (Fsp3) is 0.545. The van der Waals surface area contributed by atoms with Crippen molar-refractivity contribution < 1.29 is 0 Å². The Balaban J connectivity index is 2.57. The van der Waals surface area contributed by atoms with Crippen molar-refractivity contribution >= 4 is 5.95 Å². The summed E-state index contributed by atoms with van der Waals surface area (Å²) in [6.07, 6.45) is 6.87. The molecule has 0 radical (unpaired) electrons. The molecular weight excluding hydrogens is 174 g/mol. The fourth-order valence-electron chi connectivity index (χ4n) is 1.25. The van der Waals surface area contributed by atoms with Gasteiger partial charge in [0, 0.05) is 25.5 Å². The van der Waals surface area contributed by atoms with E-state index in [0.717, 1.165) is 19.0 Å². The SMILES string of the molecule is C=CCNc1nccn1CC(C)CC. The third-order valence-corrected chi connectivity index (χ3v) is 2.33. The number of anilines is 1. The van der Waals surface area contributed by atoms with Crippen LogP contribution < -0.4 is 5.32 Å². The van der Waals surface area contributed by atoms with Gasteiger partial charge in [0.05, 0.1) is 0 Å². The van der Waals surface area contributed by atoms with Gasteiger partial charge in [-0.3, -0.25) is 0 Å². The Morgan fingerprint density at radius 3 is 3.14 bits per heavy atom. The van der Waals surface area contributed by atoms with Gasteiger partial charge in [-0.15, -0.1) is 6.58 Å². The van der Waals surface area contributed by atoms with Crippen molar-refractivity contribution in [3.8, 4) is 0 Å². The van der Waals surface area contributed by atoms with Gasteiger partial charge < -0.3 is 9.88 Å². The summed E-state index contributed by atoms with van der Waals surface area (Å²) in [5, 5.41) is 3.21. The van der Waals surface area contributed by atoms with Crippen LogP contribution in [0.5, 0.6) is 0 Å². The van der Waals surface area contributed by atoms with E-state index in [1.807, 2.05) is 18.5 Å². The molecule has 14 heavy (non-hydrogen) atoms. The monoisotopic (exact) mass is 193 g/mol. The predicted octanol–water partition coefficient (Wildman–Crippen LogP) is 2.53. The van der Waals surface area contributed by atoms with Crippen LogP contribution in [-0.2, 0) is 6.54 Å². The van der Waals surface area contributed by atoms with Gasteiger partial charge in [-0.05, 0) is 5.92 Å². The quantitative estimate of drug-likeness (QED) is 0.703. The molecule has 3 nitrogen and oxygen atoms in total.